The molecule has 3 N–H and O–H groups in total. The van der Waals surface area contributed by atoms with E-state index < -0.39 is 0 Å². The molecule has 0 atom stereocenters. The minimum atomic E-state index is 0.0463. The molecule has 0 aromatic heterocycles. The molecule has 3 heteroatoms. The van der Waals surface area contributed by atoms with Crippen molar-refractivity contribution in [2.24, 2.45) is 5.92 Å². The van der Waals surface area contributed by atoms with Crippen LogP contribution in [0, 0.1) is 5.92 Å². The van der Waals surface area contributed by atoms with Crippen molar-refractivity contribution in [1.29, 1.82) is 0 Å². The molecule has 0 saturated heterocycles. The average Bonchev–Trinajstić information content (AvgIpc) is 1.88. The first-order valence-corrected chi connectivity index (χ1v) is 3.03. The van der Waals surface area contributed by atoms with Crippen molar-refractivity contribution in [2.45, 2.75) is 6.92 Å². The summed E-state index contributed by atoms with van der Waals surface area (Å²) in [4.78, 5) is 0. The summed E-state index contributed by atoms with van der Waals surface area (Å²) in [5.41, 5.74) is 0. The minimum absolute atomic E-state index is 0.0463. The van der Waals surface area contributed by atoms with Gasteiger partial charge in [0.05, 0.1) is 0 Å². The topological polar surface area (TPSA) is 52.5 Å². The standard InChI is InChI=1S/C4H10O2.C2H7N/c1-4(2-5)3-6;1-3-2/h4-6H,2-3H2,1H3;3H,1-2H3. The summed E-state index contributed by atoms with van der Waals surface area (Å²) in [6.07, 6.45) is 0. The van der Waals surface area contributed by atoms with Gasteiger partial charge in [0.15, 0.2) is 0 Å². The van der Waals surface area contributed by atoms with Crippen molar-refractivity contribution < 1.29 is 10.2 Å². The molecule has 0 bridgehead atoms. The Morgan fingerprint density at radius 3 is 1.44 bits per heavy atom. The molecular weight excluding hydrogens is 118 g/mol. The van der Waals surface area contributed by atoms with E-state index in [-0.39, 0.29) is 19.1 Å². The van der Waals surface area contributed by atoms with Crippen LogP contribution in [0.1, 0.15) is 6.92 Å². The first-order chi connectivity index (χ1) is 4.22. The van der Waals surface area contributed by atoms with Gasteiger partial charge in [0, 0.05) is 19.1 Å². The predicted molar refractivity (Wildman–Crippen MR) is 38.3 cm³/mol. The van der Waals surface area contributed by atoms with Crippen LogP contribution in [0.2, 0.25) is 0 Å². The Labute approximate surface area is 56.7 Å². The highest BCUT2D eigenvalue weighted by molar-refractivity contribution is 4.41. The molecule has 0 aliphatic heterocycles. The third-order valence-electron chi connectivity index (χ3n) is 0.623. The van der Waals surface area contributed by atoms with Gasteiger partial charge in [-0.1, -0.05) is 6.92 Å². The van der Waals surface area contributed by atoms with Gasteiger partial charge in [-0.25, -0.2) is 0 Å². The molecule has 0 aromatic carbocycles. The normalized spacial score (nSPS) is 8.67. The van der Waals surface area contributed by atoms with Crippen LogP contribution in [-0.2, 0) is 0 Å². The van der Waals surface area contributed by atoms with E-state index in [1.807, 2.05) is 14.1 Å². The summed E-state index contributed by atoms with van der Waals surface area (Å²) >= 11 is 0. The number of aliphatic hydroxyl groups is 2. The third kappa shape index (κ3) is 18.1. The Balaban J connectivity index is 0. The molecule has 0 radical (unpaired) electrons. The molecule has 0 aromatic rings. The van der Waals surface area contributed by atoms with Crippen LogP contribution in [0.3, 0.4) is 0 Å². The number of rotatable bonds is 2. The van der Waals surface area contributed by atoms with E-state index in [9.17, 15) is 0 Å². The molecule has 0 heterocycles. The molecule has 58 valence electrons. The van der Waals surface area contributed by atoms with Crippen LogP contribution in [0.25, 0.3) is 0 Å². The third-order valence-corrected chi connectivity index (χ3v) is 0.623. The molecule has 3 nitrogen and oxygen atoms in total. The lowest BCUT2D eigenvalue weighted by Gasteiger charge is -1.97. The van der Waals surface area contributed by atoms with E-state index in [0.29, 0.717) is 0 Å². The van der Waals surface area contributed by atoms with E-state index in [4.69, 9.17) is 10.2 Å². The molecule has 0 fully saturated rings. The van der Waals surface area contributed by atoms with Gasteiger partial charge in [0.25, 0.3) is 0 Å². The lowest BCUT2D eigenvalue weighted by Crippen LogP contribution is -2.04. The van der Waals surface area contributed by atoms with Crippen molar-refractivity contribution in [2.75, 3.05) is 27.3 Å². The Morgan fingerprint density at radius 2 is 1.44 bits per heavy atom. The largest absolute Gasteiger partial charge is 0.396 e. The van der Waals surface area contributed by atoms with Crippen LogP contribution >= 0.6 is 0 Å². The zero-order valence-corrected chi connectivity index (χ0v) is 6.39. The molecule has 9 heavy (non-hydrogen) atoms. The number of aliphatic hydroxyl groups excluding tert-OH is 2. The summed E-state index contributed by atoms with van der Waals surface area (Å²) in [5.74, 6) is 0.0463. The molecular formula is C6H17NO2. The van der Waals surface area contributed by atoms with Gasteiger partial charge < -0.3 is 15.5 Å². The second-order valence-electron chi connectivity index (χ2n) is 1.97. The number of nitrogens with one attached hydrogen (secondary N) is 1. The average molecular weight is 135 g/mol. The van der Waals surface area contributed by atoms with Gasteiger partial charge in [-0.2, -0.15) is 0 Å². The molecule has 0 unspecified atom stereocenters. The lowest BCUT2D eigenvalue weighted by molar-refractivity contribution is 0.162. The Bertz CT molecular complexity index is 38.0. The van der Waals surface area contributed by atoms with Gasteiger partial charge in [0.1, 0.15) is 0 Å². The molecule has 0 aliphatic carbocycles. The van der Waals surface area contributed by atoms with Gasteiger partial charge in [-0.3, -0.25) is 0 Å². The first kappa shape index (κ1) is 11.6. The van der Waals surface area contributed by atoms with Crippen molar-refractivity contribution in [1.82, 2.24) is 5.32 Å². The molecule has 0 saturated carbocycles. The fourth-order valence-corrected chi connectivity index (χ4v) is 0.0577. The summed E-state index contributed by atoms with van der Waals surface area (Å²) in [7, 11) is 3.75. The van der Waals surface area contributed by atoms with Crippen LogP contribution in [0.5, 0.6) is 0 Å². The van der Waals surface area contributed by atoms with Crippen molar-refractivity contribution >= 4 is 0 Å². The molecule has 0 spiro atoms. The summed E-state index contributed by atoms with van der Waals surface area (Å²) in [6.45, 7) is 1.94. The Morgan fingerprint density at radius 1 is 1.22 bits per heavy atom. The maximum Gasteiger partial charge on any atom is 0.0478 e. The zero-order chi connectivity index (χ0) is 7.70. The molecule has 0 amide bonds. The van der Waals surface area contributed by atoms with Gasteiger partial charge >= 0.3 is 0 Å². The van der Waals surface area contributed by atoms with Crippen LogP contribution < -0.4 is 5.32 Å². The summed E-state index contributed by atoms with van der Waals surface area (Å²) in [5, 5.41) is 19.1. The van der Waals surface area contributed by atoms with Gasteiger partial charge in [-0.05, 0) is 14.1 Å². The summed E-state index contributed by atoms with van der Waals surface area (Å²) < 4.78 is 0. The molecule has 0 rings (SSSR count). The minimum Gasteiger partial charge on any atom is -0.396 e. The van der Waals surface area contributed by atoms with E-state index in [1.165, 1.54) is 0 Å². The Kier molecular flexibility index (Phi) is 14.0. The zero-order valence-electron chi connectivity index (χ0n) is 6.39. The van der Waals surface area contributed by atoms with E-state index in [1.54, 1.807) is 6.92 Å². The van der Waals surface area contributed by atoms with Crippen molar-refractivity contribution in [3.05, 3.63) is 0 Å². The van der Waals surface area contributed by atoms with Crippen LogP contribution in [-0.4, -0.2) is 37.5 Å². The maximum atomic E-state index is 8.17. The fraction of sp³-hybridized carbons (Fsp3) is 1.00. The smallest absolute Gasteiger partial charge is 0.0478 e. The highest BCUT2D eigenvalue weighted by Crippen LogP contribution is 1.85. The second-order valence-corrected chi connectivity index (χ2v) is 1.97. The van der Waals surface area contributed by atoms with Crippen molar-refractivity contribution in [3.63, 3.8) is 0 Å². The van der Waals surface area contributed by atoms with Crippen molar-refractivity contribution in [3.8, 4) is 0 Å². The number of hydrogen-bond acceptors (Lipinski definition) is 3. The monoisotopic (exact) mass is 135 g/mol. The fourth-order valence-electron chi connectivity index (χ4n) is 0.0577. The SMILES string of the molecule is CC(CO)CO.CNC. The predicted octanol–water partition coefficient (Wildman–Crippen LogP) is -0.557. The number of hydrogen-bond donors (Lipinski definition) is 3. The van der Waals surface area contributed by atoms with Crippen LogP contribution in [0.4, 0.5) is 0 Å². The Hall–Kier alpha value is -0.120. The first-order valence-electron chi connectivity index (χ1n) is 3.03. The summed E-state index contributed by atoms with van der Waals surface area (Å²) in [6, 6.07) is 0. The van der Waals surface area contributed by atoms with E-state index in [0.717, 1.165) is 0 Å². The maximum absolute atomic E-state index is 8.17. The highest BCUT2D eigenvalue weighted by atomic mass is 16.3. The lowest BCUT2D eigenvalue weighted by atomic mass is 10.2. The quantitative estimate of drug-likeness (QED) is 0.476. The van der Waals surface area contributed by atoms with Crippen LogP contribution in [0.15, 0.2) is 0 Å². The molecule has 0 aliphatic rings. The second kappa shape index (κ2) is 10.8. The highest BCUT2D eigenvalue weighted by Gasteiger charge is 1.91. The van der Waals surface area contributed by atoms with E-state index >= 15 is 0 Å². The van der Waals surface area contributed by atoms with Gasteiger partial charge in [-0.15, -0.1) is 0 Å². The van der Waals surface area contributed by atoms with E-state index in [2.05, 4.69) is 5.32 Å². The van der Waals surface area contributed by atoms with Gasteiger partial charge in [0.2, 0.25) is 0 Å².